The number of nitro groups is 1. The second-order valence-corrected chi connectivity index (χ2v) is 6.35. The Morgan fingerprint density at radius 3 is 2.79 bits per heavy atom. The third-order valence-corrected chi connectivity index (χ3v) is 4.77. The van der Waals surface area contributed by atoms with Crippen molar-refractivity contribution < 1.29 is 9.66 Å². The fourth-order valence-corrected chi connectivity index (χ4v) is 3.44. The van der Waals surface area contributed by atoms with Crippen LogP contribution in [-0.2, 0) is 5.75 Å². The Labute approximate surface area is 143 Å². The summed E-state index contributed by atoms with van der Waals surface area (Å²) in [7, 11) is 1.43. The van der Waals surface area contributed by atoms with Gasteiger partial charge in [0, 0.05) is 27.8 Å². The minimum absolute atomic E-state index is 0.0116. The number of ether oxygens (including phenoxy) is 1. The summed E-state index contributed by atoms with van der Waals surface area (Å²) < 4.78 is 5.04. The number of benzene rings is 2. The van der Waals surface area contributed by atoms with E-state index in [1.165, 1.54) is 7.11 Å². The van der Waals surface area contributed by atoms with Gasteiger partial charge < -0.3 is 4.74 Å². The van der Waals surface area contributed by atoms with Crippen LogP contribution in [0, 0.1) is 17.0 Å². The molecule has 0 amide bonds. The Morgan fingerprint density at radius 1 is 1.21 bits per heavy atom. The molecule has 0 fully saturated rings. The lowest BCUT2D eigenvalue weighted by molar-refractivity contribution is -0.385. The molecule has 0 spiro atoms. The molecule has 122 valence electrons. The average molecular weight is 340 g/mol. The maximum atomic E-state index is 11.1. The number of hydrogen-bond acceptors (Lipinski definition) is 5. The summed E-state index contributed by atoms with van der Waals surface area (Å²) in [5.41, 5.74) is 2.79. The lowest BCUT2D eigenvalue weighted by atomic mass is 10.2. The maximum absolute atomic E-state index is 11.1. The summed E-state index contributed by atoms with van der Waals surface area (Å²) in [6.45, 7) is 1.97. The number of rotatable bonds is 5. The molecule has 0 aliphatic carbocycles. The van der Waals surface area contributed by atoms with Gasteiger partial charge in [-0.3, -0.25) is 15.1 Å². The van der Waals surface area contributed by atoms with E-state index in [0.717, 1.165) is 27.1 Å². The number of thioether (sulfide) groups is 1. The SMILES string of the molecule is COc1ccc(CSc2cccc3ccc(C)nc23)cc1[N+](=O)[O-]. The van der Waals surface area contributed by atoms with Gasteiger partial charge in [0.1, 0.15) is 0 Å². The summed E-state index contributed by atoms with van der Waals surface area (Å²) >= 11 is 1.62. The Balaban J connectivity index is 1.87. The summed E-state index contributed by atoms with van der Waals surface area (Å²) in [4.78, 5) is 16.4. The molecule has 1 aromatic heterocycles. The lowest BCUT2D eigenvalue weighted by Gasteiger charge is -2.08. The zero-order chi connectivity index (χ0) is 17.1. The first-order valence-corrected chi connectivity index (χ1v) is 8.37. The Hall–Kier alpha value is -2.60. The summed E-state index contributed by atoms with van der Waals surface area (Å²) in [6, 6.07) is 15.2. The van der Waals surface area contributed by atoms with Crippen LogP contribution >= 0.6 is 11.8 Å². The molecule has 0 atom stereocenters. The van der Waals surface area contributed by atoms with Crippen LogP contribution in [0.5, 0.6) is 5.75 Å². The van der Waals surface area contributed by atoms with Gasteiger partial charge >= 0.3 is 5.69 Å². The number of aromatic nitrogens is 1. The molecular formula is C18H16N2O3S. The minimum Gasteiger partial charge on any atom is -0.490 e. The number of methoxy groups -OCH3 is 1. The Bertz CT molecular complexity index is 912. The number of fused-ring (bicyclic) bond motifs is 1. The summed E-state index contributed by atoms with van der Waals surface area (Å²) in [5.74, 6) is 0.899. The molecule has 24 heavy (non-hydrogen) atoms. The molecule has 5 nitrogen and oxygen atoms in total. The molecular weight excluding hydrogens is 324 g/mol. The molecule has 0 saturated carbocycles. The van der Waals surface area contributed by atoms with Crippen LogP contribution in [0.2, 0.25) is 0 Å². The van der Waals surface area contributed by atoms with E-state index >= 15 is 0 Å². The van der Waals surface area contributed by atoms with Crippen LogP contribution in [0.25, 0.3) is 10.9 Å². The average Bonchev–Trinajstić information content (AvgIpc) is 2.59. The Morgan fingerprint density at radius 2 is 2.04 bits per heavy atom. The van der Waals surface area contributed by atoms with E-state index in [2.05, 4.69) is 11.1 Å². The van der Waals surface area contributed by atoms with Crippen molar-refractivity contribution in [2.45, 2.75) is 17.6 Å². The number of aryl methyl sites for hydroxylation is 1. The molecule has 0 bridgehead atoms. The largest absolute Gasteiger partial charge is 0.490 e. The van der Waals surface area contributed by atoms with Crippen molar-refractivity contribution in [1.29, 1.82) is 0 Å². The third-order valence-electron chi connectivity index (χ3n) is 3.66. The highest BCUT2D eigenvalue weighted by Gasteiger charge is 2.15. The second kappa shape index (κ2) is 6.88. The van der Waals surface area contributed by atoms with Gasteiger partial charge in [0.05, 0.1) is 17.5 Å². The van der Waals surface area contributed by atoms with Gasteiger partial charge in [-0.2, -0.15) is 0 Å². The van der Waals surface area contributed by atoms with Crippen LogP contribution < -0.4 is 4.74 Å². The first kappa shape index (κ1) is 16.3. The third kappa shape index (κ3) is 3.33. The van der Waals surface area contributed by atoms with Crippen molar-refractivity contribution in [2.75, 3.05) is 7.11 Å². The highest BCUT2D eigenvalue weighted by Crippen LogP contribution is 2.33. The lowest BCUT2D eigenvalue weighted by Crippen LogP contribution is -1.95. The van der Waals surface area contributed by atoms with Crippen molar-refractivity contribution >= 4 is 28.4 Å². The molecule has 0 aliphatic heterocycles. The fourth-order valence-electron chi connectivity index (χ4n) is 2.46. The number of nitro benzene ring substituents is 1. The Kier molecular flexibility index (Phi) is 4.66. The van der Waals surface area contributed by atoms with Crippen molar-refractivity contribution in [3.8, 4) is 5.75 Å². The van der Waals surface area contributed by atoms with Crippen LogP contribution in [0.3, 0.4) is 0 Å². The van der Waals surface area contributed by atoms with Gasteiger partial charge in [-0.25, -0.2) is 0 Å². The van der Waals surface area contributed by atoms with Crippen molar-refractivity contribution in [2.24, 2.45) is 0 Å². The van der Waals surface area contributed by atoms with Crippen LogP contribution in [-0.4, -0.2) is 17.0 Å². The first-order valence-electron chi connectivity index (χ1n) is 7.39. The zero-order valence-electron chi connectivity index (χ0n) is 13.4. The van der Waals surface area contributed by atoms with Crippen LogP contribution in [0.1, 0.15) is 11.3 Å². The maximum Gasteiger partial charge on any atom is 0.311 e. The van der Waals surface area contributed by atoms with Gasteiger partial charge in [-0.15, -0.1) is 11.8 Å². The van der Waals surface area contributed by atoms with Crippen LogP contribution in [0.15, 0.2) is 53.4 Å². The normalized spacial score (nSPS) is 10.8. The summed E-state index contributed by atoms with van der Waals surface area (Å²) in [5, 5.41) is 12.2. The monoisotopic (exact) mass is 340 g/mol. The van der Waals surface area contributed by atoms with Gasteiger partial charge in [-0.1, -0.05) is 24.3 Å². The van der Waals surface area contributed by atoms with Crippen molar-refractivity contribution in [3.05, 3.63) is 69.9 Å². The second-order valence-electron chi connectivity index (χ2n) is 5.33. The smallest absolute Gasteiger partial charge is 0.311 e. The zero-order valence-corrected chi connectivity index (χ0v) is 14.2. The quantitative estimate of drug-likeness (QED) is 0.381. The predicted octanol–water partition coefficient (Wildman–Crippen LogP) is 4.75. The summed E-state index contributed by atoms with van der Waals surface area (Å²) in [6.07, 6.45) is 0. The van der Waals surface area contributed by atoms with E-state index in [4.69, 9.17) is 4.74 Å². The molecule has 3 aromatic rings. The molecule has 0 N–H and O–H groups in total. The molecule has 0 unspecified atom stereocenters. The van der Waals surface area contributed by atoms with E-state index in [-0.39, 0.29) is 11.4 Å². The number of nitrogens with zero attached hydrogens (tertiary/aromatic N) is 2. The van der Waals surface area contributed by atoms with Crippen LogP contribution in [0.4, 0.5) is 5.69 Å². The highest BCUT2D eigenvalue weighted by molar-refractivity contribution is 7.98. The van der Waals surface area contributed by atoms with E-state index in [1.807, 2.05) is 37.3 Å². The van der Waals surface area contributed by atoms with Crippen molar-refractivity contribution in [1.82, 2.24) is 4.98 Å². The predicted molar refractivity (Wildman–Crippen MR) is 95.7 cm³/mol. The van der Waals surface area contributed by atoms with Gasteiger partial charge in [0.2, 0.25) is 0 Å². The standard InChI is InChI=1S/C18H16N2O3S/c1-12-6-8-14-4-3-5-17(18(14)19-12)24-11-13-7-9-16(23-2)15(10-13)20(21)22/h3-10H,11H2,1-2H3. The van der Waals surface area contributed by atoms with E-state index < -0.39 is 4.92 Å². The van der Waals surface area contributed by atoms with Gasteiger partial charge in [0.15, 0.2) is 5.75 Å². The number of hydrogen-bond donors (Lipinski definition) is 0. The highest BCUT2D eigenvalue weighted by atomic mass is 32.2. The molecule has 2 aromatic carbocycles. The minimum atomic E-state index is -0.421. The molecule has 0 radical (unpaired) electrons. The van der Waals surface area contributed by atoms with Gasteiger partial charge in [0.25, 0.3) is 0 Å². The van der Waals surface area contributed by atoms with E-state index in [1.54, 1.807) is 23.9 Å². The van der Waals surface area contributed by atoms with Crippen molar-refractivity contribution in [3.63, 3.8) is 0 Å². The molecule has 0 saturated heterocycles. The number of pyridine rings is 1. The topological polar surface area (TPSA) is 65.3 Å². The molecule has 0 aliphatic rings. The van der Waals surface area contributed by atoms with Gasteiger partial charge in [-0.05, 0) is 30.7 Å². The van der Waals surface area contributed by atoms with E-state index in [0.29, 0.717) is 5.75 Å². The number of para-hydroxylation sites is 1. The fraction of sp³-hybridized carbons (Fsp3) is 0.167. The molecule has 3 rings (SSSR count). The van der Waals surface area contributed by atoms with E-state index in [9.17, 15) is 10.1 Å². The molecule has 1 heterocycles. The molecule has 6 heteroatoms. The first-order chi connectivity index (χ1) is 11.6.